The summed E-state index contributed by atoms with van der Waals surface area (Å²) in [6, 6.07) is 7.98. The average molecular weight is 244 g/mol. The van der Waals surface area contributed by atoms with E-state index >= 15 is 0 Å². The Morgan fingerprint density at radius 2 is 2.24 bits per heavy atom. The van der Waals surface area contributed by atoms with Gasteiger partial charge in [0.15, 0.2) is 0 Å². The quantitative estimate of drug-likeness (QED) is 0.744. The number of aromatic nitrogens is 3. The van der Waals surface area contributed by atoms with Crippen LogP contribution >= 0.6 is 11.3 Å². The third kappa shape index (κ3) is 2.14. The molecular weight excluding hydrogens is 232 g/mol. The van der Waals surface area contributed by atoms with E-state index in [4.69, 9.17) is 0 Å². The maximum absolute atomic E-state index is 4.44. The monoisotopic (exact) mass is 244 g/mol. The van der Waals surface area contributed by atoms with Gasteiger partial charge < -0.3 is 10.3 Å². The van der Waals surface area contributed by atoms with Gasteiger partial charge in [0, 0.05) is 11.1 Å². The largest absolute Gasteiger partial charge is 0.349 e. The lowest BCUT2D eigenvalue weighted by Gasteiger charge is -1.97. The Morgan fingerprint density at radius 1 is 1.35 bits per heavy atom. The first kappa shape index (κ1) is 10.3. The Balaban J connectivity index is 1.76. The Labute approximate surface area is 103 Å². The lowest BCUT2D eigenvalue weighted by Crippen LogP contribution is -1.99. The fourth-order valence-electron chi connectivity index (χ4n) is 1.68. The molecule has 0 bridgehead atoms. The smallest absolute Gasteiger partial charge is 0.201 e. The number of aryl methyl sites for hydroxylation is 1. The molecule has 3 rings (SSSR count). The molecule has 5 heteroatoms. The van der Waals surface area contributed by atoms with Gasteiger partial charge in [-0.05, 0) is 19.1 Å². The number of para-hydroxylation sites is 2. The second-order valence-electron chi connectivity index (χ2n) is 3.82. The fourth-order valence-corrected chi connectivity index (χ4v) is 2.41. The molecule has 0 saturated heterocycles. The average Bonchev–Trinajstić information content (AvgIpc) is 2.91. The number of nitrogens with zero attached hydrogens (tertiary/aromatic N) is 2. The Hall–Kier alpha value is -1.88. The molecule has 0 aliphatic heterocycles. The standard InChI is InChI=1S/C12H12N4S/c1-8-6-13-11(17-8)7-14-12-15-9-4-2-3-5-10(9)16-12/h2-6H,7H2,1H3,(H2,14,15,16). The van der Waals surface area contributed by atoms with Crippen LogP contribution in [0.15, 0.2) is 30.5 Å². The highest BCUT2D eigenvalue weighted by Gasteiger charge is 2.02. The van der Waals surface area contributed by atoms with Crippen LogP contribution in [0.5, 0.6) is 0 Å². The normalized spacial score (nSPS) is 10.9. The van der Waals surface area contributed by atoms with Crippen LogP contribution in [0.2, 0.25) is 0 Å². The first-order valence-electron chi connectivity index (χ1n) is 5.41. The molecule has 86 valence electrons. The van der Waals surface area contributed by atoms with Gasteiger partial charge in [-0.15, -0.1) is 11.3 Å². The summed E-state index contributed by atoms with van der Waals surface area (Å²) in [5.74, 6) is 0.791. The number of imidazole rings is 1. The fraction of sp³-hybridized carbons (Fsp3) is 0.167. The summed E-state index contributed by atoms with van der Waals surface area (Å²) in [6.45, 7) is 2.76. The summed E-state index contributed by atoms with van der Waals surface area (Å²) in [5.41, 5.74) is 2.02. The molecule has 3 aromatic rings. The van der Waals surface area contributed by atoms with E-state index in [0.717, 1.165) is 22.0 Å². The van der Waals surface area contributed by atoms with Crippen LogP contribution in [0.4, 0.5) is 5.95 Å². The topological polar surface area (TPSA) is 53.6 Å². The SMILES string of the molecule is Cc1cnc(CNc2nc3ccccc3[nH]2)s1. The number of aromatic amines is 1. The van der Waals surface area contributed by atoms with E-state index < -0.39 is 0 Å². The van der Waals surface area contributed by atoms with Gasteiger partial charge in [0.1, 0.15) is 5.01 Å². The van der Waals surface area contributed by atoms with Crippen LogP contribution in [0.25, 0.3) is 11.0 Å². The molecule has 17 heavy (non-hydrogen) atoms. The molecule has 0 unspecified atom stereocenters. The van der Waals surface area contributed by atoms with Gasteiger partial charge >= 0.3 is 0 Å². The number of anilines is 1. The van der Waals surface area contributed by atoms with Crippen LogP contribution in [0.1, 0.15) is 9.88 Å². The number of nitrogens with one attached hydrogen (secondary N) is 2. The highest BCUT2D eigenvalue weighted by Crippen LogP contribution is 2.15. The van der Waals surface area contributed by atoms with Crippen molar-refractivity contribution in [1.29, 1.82) is 0 Å². The predicted molar refractivity (Wildman–Crippen MR) is 70.3 cm³/mol. The minimum Gasteiger partial charge on any atom is -0.349 e. The summed E-state index contributed by atoms with van der Waals surface area (Å²) in [6.07, 6.45) is 1.89. The molecule has 0 saturated carbocycles. The number of hydrogen-bond acceptors (Lipinski definition) is 4. The Kier molecular flexibility index (Phi) is 2.53. The third-order valence-corrected chi connectivity index (χ3v) is 3.38. The van der Waals surface area contributed by atoms with Crippen molar-refractivity contribution < 1.29 is 0 Å². The number of rotatable bonds is 3. The predicted octanol–water partition coefficient (Wildman–Crippen LogP) is 2.94. The van der Waals surface area contributed by atoms with E-state index in [1.54, 1.807) is 11.3 Å². The zero-order chi connectivity index (χ0) is 11.7. The highest BCUT2D eigenvalue weighted by molar-refractivity contribution is 7.11. The molecule has 0 aliphatic carbocycles. The molecule has 0 amide bonds. The van der Waals surface area contributed by atoms with E-state index in [2.05, 4.69) is 27.2 Å². The maximum Gasteiger partial charge on any atom is 0.201 e. The molecule has 0 radical (unpaired) electrons. The van der Waals surface area contributed by atoms with Gasteiger partial charge in [0.25, 0.3) is 0 Å². The minimum absolute atomic E-state index is 0.707. The van der Waals surface area contributed by atoms with Crippen LogP contribution in [-0.2, 0) is 6.54 Å². The van der Waals surface area contributed by atoms with Gasteiger partial charge in [-0.25, -0.2) is 9.97 Å². The summed E-state index contributed by atoms with van der Waals surface area (Å²) in [7, 11) is 0. The molecule has 2 heterocycles. The molecule has 0 spiro atoms. The first-order valence-corrected chi connectivity index (χ1v) is 6.23. The van der Waals surface area contributed by atoms with Crippen molar-refractivity contribution in [3.63, 3.8) is 0 Å². The molecule has 0 fully saturated rings. The lowest BCUT2D eigenvalue weighted by atomic mass is 10.3. The second-order valence-corrected chi connectivity index (χ2v) is 5.14. The van der Waals surface area contributed by atoms with Gasteiger partial charge in [-0.2, -0.15) is 0 Å². The summed E-state index contributed by atoms with van der Waals surface area (Å²) in [5, 5.41) is 4.32. The van der Waals surface area contributed by atoms with E-state index in [0.29, 0.717) is 6.54 Å². The summed E-state index contributed by atoms with van der Waals surface area (Å²) >= 11 is 1.70. The number of H-pyrrole nitrogens is 1. The number of thiazole rings is 1. The van der Waals surface area contributed by atoms with Crippen LogP contribution in [0.3, 0.4) is 0 Å². The molecule has 0 atom stereocenters. The molecule has 4 nitrogen and oxygen atoms in total. The molecule has 0 aliphatic rings. The van der Waals surface area contributed by atoms with Gasteiger partial charge in [0.05, 0.1) is 17.6 Å². The van der Waals surface area contributed by atoms with E-state index in [1.807, 2.05) is 30.5 Å². The highest BCUT2D eigenvalue weighted by atomic mass is 32.1. The van der Waals surface area contributed by atoms with E-state index in [9.17, 15) is 0 Å². The minimum atomic E-state index is 0.707. The van der Waals surface area contributed by atoms with Crippen molar-refractivity contribution in [3.05, 3.63) is 40.3 Å². The number of hydrogen-bond donors (Lipinski definition) is 2. The lowest BCUT2D eigenvalue weighted by molar-refractivity contribution is 1.07. The number of fused-ring (bicyclic) bond motifs is 1. The van der Waals surface area contributed by atoms with Crippen molar-refractivity contribution in [2.75, 3.05) is 5.32 Å². The summed E-state index contributed by atoms with van der Waals surface area (Å²) in [4.78, 5) is 13.2. The van der Waals surface area contributed by atoms with Gasteiger partial charge in [-0.1, -0.05) is 12.1 Å². The van der Waals surface area contributed by atoms with Crippen LogP contribution in [0, 0.1) is 6.92 Å². The zero-order valence-electron chi connectivity index (χ0n) is 9.40. The number of benzene rings is 1. The van der Waals surface area contributed by atoms with E-state index in [-0.39, 0.29) is 0 Å². The first-order chi connectivity index (χ1) is 8.31. The molecular formula is C12H12N4S. The molecule has 2 aromatic heterocycles. The second kappa shape index (κ2) is 4.18. The molecule has 2 N–H and O–H groups in total. The van der Waals surface area contributed by atoms with E-state index in [1.165, 1.54) is 4.88 Å². The van der Waals surface area contributed by atoms with Crippen molar-refractivity contribution in [3.8, 4) is 0 Å². The van der Waals surface area contributed by atoms with Crippen LogP contribution < -0.4 is 5.32 Å². The van der Waals surface area contributed by atoms with Gasteiger partial charge in [-0.3, -0.25) is 0 Å². The molecule has 1 aromatic carbocycles. The maximum atomic E-state index is 4.44. The van der Waals surface area contributed by atoms with Crippen molar-refractivity contribution in [2.24, 2.45) is 0 Å². The Morgan fingerprint density at radius 3 is 3.00 bits per heavy atom. The van der Waals surface area contributed by atoms with Crippen molar-refractivity contribution in [2.45, 2.75) is 13.5 Å². The third-order valence-electron chi connectivity index (χ3n) is 2.47. The summed E-state index contributed by atoms with van der Waals surface area (Å²) < 4.78 is 0. The van der Waals surface area contributed by atoms with Crippen molar-refractivity contribution in [1.82, 2.24) is 15.0 Å². The Bertz CT molecular complexity index is 608. The van der Waals surface area contributed by atoms with Gasteiger partial charge in [0.2, 0.25) is 5.95 Å². The van der Waals surface area contributed by atoms with Crippen LogP contribution in [-0.4, -0.2) is 15.0 Å². The zero-order valence-corrected chi connectivity index (χ0v) is 10.2. The van der Waals surface area contributed by atoms with Crippen molar-refractivity contribution >= 4 is 28.3 Å².